The van der Waals surface area contributed by atoms with Crippen molar-refractivity contribution in [1.29, 1.82) is 0 Å². The van der Waals surface area contributed by atoms with Crippen LogP contribution >= 0.6 is 0 Å². The molecular formula is C20H27N3O3. The molecule has 0 radical (unpaired) electrons. The van der Waals surface area contributed by atoms with Gasteiger partial charge in [-0.25, -0.2) is 0 Å². The topological polar surface area (TPSA) is 74.6 Å². The summed E-state index contributed by atoms with van der Waals surface area (Å²) in [6, 6.07) is 7.78. The van der Waals surface area contributed by atoms with Crippen molar-refractivity contribution in [3.63, 3.8) is 0 Å². The third kappa shape index (κ3) is 3.66. The number of carbonyl (C=O) groups excluding carboxylic acids is 2. The second-order valence-corrected chi connectivity index (χ2v) is 7.60. The zero-order chi connectivity index (χ0) is 18.9. The summed E-state index contributed by atoms with van der Waals surface area (Å²) in [7, 11) is 2.01. The van der Waals surface area contributed by atoms with E-state index in [-0.39, 0.29) is 12.6 Å². The average Bonchev–Trinajstić information content (AvgIpc) is 3.02. The average molecular weight is 357 g/mol. The van der Waals surface area contributed by atoms with Crippen LogP contribution in [-0.4, -0.2) is 58.5 Å². The van der Waals surface area contributed by atoms with Crippen LogP contribution in [0.1, 0.15) is 43.1 Å². The molecule has 2 heterocycles. The molecule has 0 atom stereocenters. The number of piperidine rings is 1. The highest BCUT2D eigenvalue weighted by molar-refractivity contribution is 6.45. The molecule has 2 N–H and O–H groups in total. The van der Waals surface area contributed by atoms with Crippen LogP contribution in [0.25, 0.3) is 10.9 Å². The quantitative estimate of drug-likeness (QED) is 0.634. The van der Waals surface area contributed by atoms with Gasteiger partial charge in [-0.1, -0.05) is 18.2 Å². The van der Waals surface area contributed by atoms with E-state index in [9.17, 15) is 14.7 Å². The summed E-state index contributed by atoms with van der Waals surface area (Å²) < 4.78 is 2.00. The van der Waals surface area contributed by atoms with E-state index in [0.717, 1.165) is 24.0 Å². The Morgan fingerprint density at radius 3 is 2.54 bits per heavy atom. The Morgan fingerprint density at radius 2 is 1.88 bits per heavy atom. The molecule has 3 rings (SSSR count). The van der Waals surface area contributed by atoms with Crippen LogP contribution in [0.2, 0.25) is 0 Å². The lowest BCUT2D eigenvalue weighted by Crippen LogP contribution is -2.50. The Bertz CT molecular complexity index is 817. The molecule has 0 saturated carbocycles. The van der Waals surface area contributed by atoms with Gasteiger partial charge < -0.3 is 19.9 Å². The van der Waals surface area contributed by atoms with Crippen LogP contribution in [0.3, 0.4) is 0 Å². The number of rotatable bonds is 5. The zero-order valence-electron chi connectivity index (χ0n) is 15.7. The highest BCUT2D eigenvalue weighted by Crippen LogP contribution is 2.25. The molecular weight excluding hydrogens is 330 g/mol. The normalized spacial score (nSPS) is 17.6. The number of benzene rings is 1. The van der Waals surface area contributed by atoms with Gasteiger partial charge in [-0.15, -0.1) is 0 Å². The third-order valence-corrected chi connectivity index (χ3v) is 5.24. The maximum absolute atomic E-state index is 12.7. The number of fused-ring (bicyclic) bond motifs is 1. The number of carbonyl (C=O) groups is 2. The highest BCUT2D eigenvalue weighted by Gasteiger charge is 2.32. The van der Waals surface area contributed by atoms with E-state index in [0.29, 0.717) is 18.4 Å². The second-order valence-electron chi connectivity index (χ2n) is 7.60. The Labute approximate surface area is 153 Å². The van der Waals surface area contributed by atoms with Crippen molar-refractivity contribution in [1.82, 2.24) is 14.8 Å². The number of hydrogen-bond acceptors (Lipinski definition) is 4. The smallest absolute Gasteiger partial charge is 0.292 e. The number of amides is 1. The highest BCUT2D eigenvalue weighted by atomic mass is 16.3. The summed E-state index contributed by atoms with van der Waals surface area (Å²) in [6.45, 7) is 5.74. The molecule has 1 aliphatic heterocycles. The van der Waals surface area contributed by atoms with E-state index < -0.39 is 17.3 Å². The van der Waals surface area contributed by atoms with Crippen molar-refractivity contribution < 1.29 is 14.7 Å². The summed E-state index contributed by atoms with van der Waals surface area (Å²) in [5.41, 5.74) is 0.406. The molecule has 1 amide bonds. The van der Waals surface area contributed by atoms with Gasteiger partial charge in [0.2, 0.25) is 0 Å². The fourth-order valence-electron chi connectivity index (χ4n) is 3.47. The van der Waals surface area contributed by atoms with Crippen molar-refractivity contribution in [3.05, 3.63) is 36.0 Å². The summed E-state index contributed by atoms with van der Waals surface area (Å²) in [5.74, 6) is -1.22. The molecule has 1 fully saturated rings. The first-order chi connectivity index (χ1) is 12.3. The van der Waals surface area contributed by atoms with Gasteiger partial charge in [0, 0.05) is 42.8 Å². The molecule has 1 aliphatic rings. The van der Waals surface area contributed by atoms with Gasteiger partial charge in [0.15, 0.2) is 0 Å². The molecule has 0 bridgehead atoms. The van der Waals surface area contributed by atoms with E-state index in [4.69, 9.17) is 0 Å². The molecule has 0 aliphatic carbocycles. The standard InChI is InChI=1S/C20H27N3O3/c1-14(2)23-12-16(15-6-4-5-7-17(15)23)18(24)19(25)21-13-20(26)8-10-22(3)11-9-20/h4-7,12,14,26H,8-11,13H2,1-3H3,(H,21,25). The lowest BCUT2D eigenvalue weighted by molar-refractivity contribution is -0.118. The van der Waals surface area contributed by atoms with Crippen molar-refractivity contribution in [2.45, 2.75) is 38.3 Å². The van der Waals surface area contributed by atoms with Gasteiger partial charge in [-0.2, -0.15) is 0 Å². The number of likely N-dealkylation sites (tertiary alicyclic amines) is 1. The van der Waals surface area contributed by atoms with E-state index in [1.807, 2.05) is 49.7 Å². The van der Waals surface area contributed by atoms with Crippen LogP contribution in [0, 0.1) is 0 Å². The van der Waals surface area contributed by atoms with Gasteiger partial charge in [-0.05, 0) is 39.8 Å². The molecule has 1 saturated heterocycles. The minimum atomic E-state index is -0.936. The summed E-state index contributed by atoms with van der Waals surface area (Å²) >= 11 is 0. The van der Waals surface area contributed by atoms with E-state index in [1.54, 1.807) is 6.20 Å². The minimum absolute atomic E-state index is 0.105. The molecule has 6 nitrogen and oxygen atoms in total. The van der Waals surface area contributed by atoms with Crippen LogP contribution in [0.15, 0.2) is 30.5 Å². The molecule has 6 heteroatoms. The molecule has 0 unspecified atom stereocenters. The number of hydrogen-bond donors (Lipinski definition) is 2. The molecule has 26 heavy (non-hydrogen) atoms. The monoisotopic (exact) mass is 357 g/mol. The molecule has 1 aromatic carbocycles. The summed E-state index contributed by atoms with van der Waals surface area (Å²) in [6.07, 6.45) is 2.93. The van der Waals surface area contributed by atoms with Crippen LogP contribution in [-0.2, 0) is 4.79 Å². The fourth-order valence-corrected chi connectivity index (χ4v) is 3.47. The summed E-state index contributed by atoms with van der Waals surface area (Å²) in [5, 5.41) is 14.0. The van der Waals surface area contributed by atoms with Crippen LogP contribution < -0.4 is 5.32 Å². The fraction of sp³-hybridized carbons (Fsp3) is 0.500. The first-order valence-corrected chi connectivity index (χ1v) is 9.14. The largest absolute Gasteiger partial charge is 0.388 e. The third-order valence-electron chi connectivity index (χ3n) is 5.24. The number of aromatic nitrogens is 1. The molecule has 0 spiro atoms. The van der Waals surface area contributed by atoms with E-state index >= 15 is 0 Å². The number of aliphatic hydroxyl groups is 1. The number of ketones is 1. The van der Waals surface area contributed by atoms with Gasteiger partial charge in [0.1, 0.15) is 0 Å². The van der Waals surface area contributed by atoms with E-state index in [2.05, 4.69) is 10.2 Å². The SMILES string of the molecule is CC(C)n1cc(C(=O)C(=O)NCC2(O)CCN(C)CC2)c2ccccc21. The molecule has 140 valence electrons. The Morgan fingerprint density at radius 1 is 1.23 bits per heavy atom. The lowest BCUT2D eigenvalue weighted by atomic mass is 9.91. The van der Waals surface area contributed by atoms with Gasteiger partial charge in [0.05, 0.1) is 11.2 Å². The zero-order valence-corrected chi connectivity index (χ0v) is 15.7. The van der Waals surface area contributed by atoms with Crippen LogP contribution in [0.5, 0.6) is 0 Å². The summed E-state index contributed by atoms with van der Waals surface area (Å²) in [4.78, 5) is 27.3. The van der Waals surface area contributed by atoms with Gasteiger partial charge in [-0.3, -0.25) is 9.59 Å². The maximum Gasteiger partial charge on any atom is 0.292 e. The molecule has 2 aromatic rings. The first kappa shape index (κ1) is 18.6. The number of Topliss-reactive ketones (excluding diaryl/α,β-unsaturated/α-hetero) is 1. The maximum atomic E-state index is 12.7. The lowest BCUT2D eigenvalue weighted by Gasteiger charge is -2.36. The minimum Gasteiger partial charge on any atom is -0.388 e. The van der Waals surface area contributed by atoms with Crippen molar-refractivity contribution in [2.24, 2.45) is 0 Å². The Hall–Kier alpha value is -2.18. The number of nitrogens with zero attached hydrogens (tertiary/aromatic N) is 2. The van der Waals surface area contributed by atoms with Crippen molar-refractivity contribution in [2.75, 3.05) is 26.7 Å². The second kappa shape index (κ2) is 7.21. The van der Waals surface area contributed by atoms with Gasteiger partial charge in [0.25, 0.3) is 11.7 Å². The number of nitrogens with one attached hydrogen (secondary N) is 1. The van der Waals surface area contributed by atoms with Crippen molar-refractivity contribution >= 4 is 22.6 Å². The first-order valence-electron chi connectivity index (χ1n) is 9.14. The Balaban J connectivity index is 1.75. The predicted molar refractivity (Wildman–Crippen MR) is 101 cm³/mol. The number of para-hydroxylation sites is 1. The Kier molecular flexibility index (Phi) is 5.16. The van der Waals surface area contributed by atoms with E-state index in [1.165, 1.54) is 0 Å². The van der Waals surface area contributed by atoms with Gasteiger partial charge >= 0.3 is 0 Å². The van der Waals surface area contributed by atoms with Crippen LogP contribution in [0.4, 0.5) is 0 Å². The molecule has 1 aromatic heterocycles. The predicted octanol–water partition coefficient (Wildman–Crippen LogP) is 1.98. The van der Waals surface area contributed by atoms with Crippen molar-refractivity contribution in [3.8, 4) is 0 Å².